The summed E-state index contributed by atoms with van der Waals surface area (Å²) >= 11 is 6.11. The molecule has 4 heteroatoms. The van der Waals surface area contributed by atoms with E-state index in [2.05, 4.69) is 41.6 Å². The third-order valence-corrected chi connectivity index (χ3v) is 4.68. The summed E-state index contributed by atoms with van der Waals surface area (Å²) in [4.78, 5) is 7.11. The highest BCUT2D eigenvalue weighted by Gasteiger charge is 2.20. The first-order valence-corrected chi connectivity index (χ1v) is 7.91. The van der Waals surface area contributed by atoms with Crippen LogP contribution in [0.25, 0.3) is 11.0 Å². The quantitative estimate of drug-likeness (QED) is 0.808. The molecule has 3 rings (SSSR count). The third kappa shape index (κ3) is 2.57. The number of halogens is 1. The van der Waals surface area contributed by atoms with Crippen LogP contribution in [0.5, 0.6) is 0 Å². The summed E-state index contributed by atoms with van der Waals surface area (Å²) in [7, 11) is 2.21. The molecule has 0 spiro atoms. The molecular formula is C16H22ClN3. The summed E-state index contributed by atoms with van der Waals surface area (Å²) in [5.74, 6) is 2.24. The SMILES string of the molecule is Cc1cccc2nc(CCl)n(CC3CCN(C)CC3)c12. The number of benzene rings is 1. The summed E-state index contributed by atoms with van der Waals surface area (Å²) < 4.78 is 2.35. The van der Waals surface area contributed by atoms with Gasteiger partial charge in [-0.25, -0.2) is 4.98 Å². The minimum atomic E-state index is 0.487. The van der Waals surface area contributed by atoms with Gasteiger partial charge in [-0.3, -0.25) is 0 Å². The first-order chi connectivity index (χ1) is 9.69. The van der Waals surface area contributed by atoms with E-state index in [1.807, 2.05) is 0 Å². The highest BCUT2D eigenvalue weighted by molar-refractivity contribution is 6.16. The number of hydrogen-bond acceptors (Lipinski definition) is 2. The number of piperidine rings is 1. The highest BCUT2D eigenvalue weighted by Crippen LogP contribution is 2.25. The van der Waals surface area contributed by atoms with Crippen molar-refractivity contribution in [3.05, 3.63) is 29.6 Å². The fourth-order valence-electron chi connectivity index (χ4n) is 3.21. The Morgan fingerprint density at radius 1 is 1.30 bits per heavy atom. The Bertz CT molecular complexity index is 597. The number of hydrogen-bond donors (Lipinski definition) is 0. The zero-order valence-corrected chi connectivity index (χ0v) is 13.0. The summed E-state index contributed by atoms with van der Waals surface area (Å²) in [6.07, 6.45) is 2.54. The van der Waals surface area contributed by atoms with Gasteiger partial charge >= 0.3 is 0 Å². The summed E-state index contributed by atoms with van der Waals surface area (Å²) in [6, 6.07) is 6.32. The number of fused-ring (bicyclic) bond motifs is 1. The van der Waals surface area contributed by atoms with Crippen LogP contribution >= 0.6 is 11.6 Å². The second kappa shape index (κ2) is 5.74. The lowest BCUT2D eigenvalue weighted by Crippen LogP contribution is -2.32. The average molecular weight is 292 g/mol. The van der Waals surface area contributed by atoms with E-state index in [0.29, 0.717) is 5.88 Å². The van der Waals surface area contributed by atoms with Gasteiger partial charge in [-0.1, -0.05) is 12.1 Å². The number of likely N-dealkylation sites (tertiary alicyclic amines) is 1. The summed E-state index contributed by atoms with van der Waals surface area (Å²) in [5.41, 5.74) is 3.63. The number of para-hydroxylation sites is 1. The van der Waals surface area contributed by atoms with Crippen LogP contribution in [0.4, 0.5) is 0 Å². The van der Waals surface area contributed by atoms with E-state index in [9.17, 15) is 0 Å². The maximum Gasteiger partial charge on any atom is 0.124 e. The van der Waals surface area contributed by atoms with E-state index in [0.717, 1.165) is 23.8 Å². The summed E-state index contributed by atoms with van der Waals surface area (Å²) in [5, 5.41) is 0. The van der Waals surface area contributed by atoms with Crippen molar-refractivity contribution >= 4 is 22.6 Å². The largest absolute Gasteiger partial charge is 0.326 e. The first-order valence-electron chi connectivity index (χ1n) is 7.38. The Morgan fingerprint density at radius 2 is 2.05 bits per heavy atom. The molecule has 1 aromatic heterocycles. The molecule has 2 heterocycles. The Balaban J connectivity index is 1.93. The number of aryl methyl sites for hydroxylation is 1. The zero-order chi connectivity index (χ0) is 14.1. The predicted octanol–water partition coefficient (Wildman–Crippen LogP) is 3.43. The number of rotatable bonds is 3. The molecule has 0 atom stereocenters. The minimum absolute atomic E-state index is 0.487. The van der Waals surface area contributed by atoms with Gasteiger partial charge < -0.3 is 9.47 Å². The van der Waals surface area contributed by atoms with Gasteiger partial charge in [-0.2, -0.15) is 0 Å². The molecule has 0 saturated carbocycles. The standard InChI is InChI=1S/C16H22ClN3/c1-12-4-3-5-14-16(12)20(15(10-17)18-14)11-13-6-8-19(2)9-7-13/h3-5,13H,6-11H2,1-2H3. The maximum atomic E-state index is 6.11. The molecule has 1 saturated heterocycles. The molecule has 2 aromatic rings. The molecular weight excluding hydrogens is 270 g/mol. The molecule has 0 N–H and O–H groups in total. The molecule has 1 fully saturated rings. The lowest BCUT2D eigenvalue weighted by Gasteiger charge is -2.29. The average Bonchev–Trinajstić information content (AvgIpc) is 2.81. The second-order valence-electron chi connectivity index (χ2n) is 5.96. The van der Waals surface area contributed by atoms with E-state index in [1.165, 1.54) is 37.0 Å². The first kappa shape index (κ1) is 13.9. The molecule has 108 valence electrons. The molecule has 0 bridgehead atoms. The highest BCUT2D eigenvalue weighted by atomic mass is 35.5. The van der Waals surface area contributed by atoms with Crippen LogP contribution in [0.15, 0.2) is 18.2 Å². The number of alkyl halides is 1. The maximum absolute atomic E-state index is 6.11. The predicted molar refractivity (Wildman–Crippen MR) is 84.2 cm³/mol. The van der Waals surface area contributed by atoms with Crippen molar-refractivity contribution in [3.63, 3.8) is 0 Å². The van der Waals surface area contributed by atoms with Crippen molar-refractivity contribution in [2.75, 3.05) is 20.1 Å². The second-order valence-corrected chi connectivity index (χ2v) is 6.23. The molecule has 3 nitrogen and oxygen atoms in total. The van der Waals surface area contributed by atoms with Crippen LogP contribution in [-0.2, 0) is 12.4 Å². The Hall–Kier alpha value is -1.06. The topological polar surface area (TPSA) is 21.1 Å². The van der Waals surface area contributed by atoms with E-state index in [4.69, 9.17) is 16.6 Å². The van der Waals surface area contributed by atoms with Gasteiger partial charge in [0.2, 0.25) is 0 Å². The van der Waals surface area contributed by atoms with Gasteiger partial charge in [-0.05, 0) is 57.5 Å². The number of nitrogens with zero attached hydrogens (tertiary/aromatic N) is 3. The van der Waals surface area contributed by atoms with E-state index >= 15 is 0 Å². The van der Waals surface area contributed by atoms with Gasteiger partial charge in [0, 0.05) is 6.54 Å². The molecule has 1 aliphatic heterocycles. The van der Waals surface area contributed by atoms with Gasteiger partial charge in [0.1, 0.15) is 5.82 Å². The van der Waals surface area contributed by atoms with Crippen molar-refractivity contribution in [2.45, 2.75) is 32.2 Å². The van der Waals surface area contributed by atoms with Gasteiger partial charge in [0.15, 0.2) is 0 Å². The van der Waals surface area contributed by atoms with E-state index < -0.39 is 0 Å². The molecule has 1 aliphatic rings. The fraction of sp³-hybridized carbons (Fsp3) is 0.562. The lowest BCUT2D eigenvalue weighted by atomic mass is 9.97. The Kier molecular flexibility index (Phi) is 3.99. The Labute approximate surface area is 125 Å². The van der Waals surface area contributed by atoms with Crippen molar-refractivity contribution in [1.29, 1.82) is 0 Å². The van der Waals surface area contributed by atoms with Crippen LogP contribution in [-0.4, -0.2) is 34.6 Å². The molecule has 0 amide bonds. The number of imidazole rings is 1. The fourth-order valence-corrected chi connectivity index (χ4v) is 3.42. The van der Waals surface area contributed by atoms with Crippen LogP contribution in [0.1, 0.15) is 24.2 Å². The lowest BCUT2D eigenvalue weighted by molar-refractivity contribution is 0.205. The van der Waals surface area contributed by atoms with Gasteiger partial charge in [0.25, 0.3) is 0 Å². The number of aromatic nitrogens is 2. The van der Waals surface area contributed by atoms with Gasteiger partial charge in [-0.15, -0.1) is 11.6 Å². The van der Waals surface area contributed by atoms with Crippen molar-refractivity contribution in [3.8, 4) is 0 Å². The van der Waals surface area contributed by atoms with Crippen molar-refractivity contribution in [2.24, 2.45) is 5.92 Å². The normalized spacial score (nSPS) is 17.9. The van der Waals surface area contributed by atoms with Crippen LogP contribution < -0.4 is 0 Å². The molecule has 0 unspecified atom stereocenters. The Morgan fingerprint density at radius 3 is 2.75 bits per heavy atom. The van der Waals surface area contributed by atoms with Crippen molar-refractivity contribution < 1.29 is 0 Å². The molecule has 0 aliphatic carbocycles. The van der Waals surface area contributed by atoms with Crippen LogP contribution in [0, 0.1) is 12.8 Å². The molecule has 0 radical (unpaired) electrons. The van der Waals surface area contributed by atoms with Gasteiger partial charge in [0.05, 0.1) is 16.9 Å². The smallest absolute Gasteiger partial charge is 0.124 e. The van der Waals surface area contributed by atoms with Crippen LogP contribution in [0.3, 0.4) is 0 Å². The molecule has 20 heavy (non-hydrogen) atoms. The van der Waals surface area contributed by atoms with Crippen LogP contribution in [0.2, 0.25) is 0 Å². The van der Waals surface area contributed by atoms with E-state index in [1.54, 1.807) is 0 Å². The zero-order valence-electron chi connectivity index (χ0n) is 12.3. The van der Waals surface area contributed by atoms with Crippen molar-refractivity contribution in [1.82, 2.24) is 14.5 Å². The third-order valence-electron chi connectivity index (χ3n) is 4.45. The molecule has 1 aromatic carbocycles. The minimum Gasteiger partial charge on any atom is -0.326 e. The summed E-state index contributed by atoms with van der Waals surface area (Å²) in [6.45, 7) is 5.61. The monoisotopic (exact) mass is 291 g/mol. The van der Waals surface area contributed by atoms with E-state index in [-0.39, 0.29) is 0 Å².